The zero-order valence-corrected chi connectivity index (χ0v) is 18.9. The third-order valence-corrected chi connectivity index (χ3v) is 6.14. The highest BCUT2D eigenvalue weighted by atomic mass is 32.2. The van der Waals surface area contributed by atoms with Crippen LogP contribution in [0.2, 0.25) is 0 Å². The number of rotatable bonds is 9. The first-order valence-electron chi connectivity index (χ1n) is 10.7. The number of hydrogen-bond donors (Lipinski definition) is 1. The fourth-order valence-electron chi connectivity index (χ4n) is 3.58. The molecule has 3 aromatic carbocycles. The third-order valence-electron chi connectivity index (χ3n) is 5.18. The maximum absolute atomic E-state index is 12.7. The number of hydrogen-bond acceptors (Lipinski definition) is 4. The van der Waals surface area contributed by atoms with Crippen LogP contribution in [0.25, 0.3) is 0 Å². The maximum atomic E-state index is 12.7. The lowest BCUT2D eigenvalue weighted by Gasteiger charge is -2.11. The van der Waals surface area contributed by atoms with Gasteiger partial charge in [-0.2, -0.15) is 0 Å². The van der Waals surface area contributed by atoms with Crippen molar-refractivity contribution >= 4 is 23.4 Å². The molecule has 0 saturated heterocycles. The Morgan fingerprint density at radius 3 is 2.16 bits per heavy atom. The summed E-state index contributed by atoms with van der Waals surface area (Å²) < 4.78 is 2.08. The van der Waals surface area contributed by atoms with Crippen LogP contribution in [0.4, 0.5) is 5.69 Å². The first kappa shape index (κ1) is 21.8. The van der Waals surface area contributed by atoms with Gasteiger partial charge in [0.2, 0.25) is 5.91 Å². The van der Waals surface area contributed by atoms with Gasteiger partial charge in [-0.25, -0.2) is 0 Å². The van der Waals surface area contributed by atoms with Crippen LogP contribution in [-0.2, 0) is 24.2 Å². The van der Waals surface area contributed by atoms with Gasteiger partial charge in [-0.3, -0.25) is 4.79 Å². The van der Waals surface area contributed by atoms with Gasteiger partial charge in [0.15, 0.2) is 5.16 Å². The van der Waals surface area contributed by atoms with E-state index in [1.54, 1.807) is 0 Å². The van der Waals surface area contributed by atoms with Gasteiger partial charge in [-0.1, -0.05) is 90.6 Å². The standard InChI is InChI=1S/C26H26N4OS/c1-2-30-24(18-21-13-7-4-8-14-21)28-29-26(30)32-19-25(31)27-23-16-10-9-15-22(23)17-20-11-5-3-6-12-20/h3-16H,2,17-19H2,1H3,(H,27,31). The van der Waals surface area contributed by atoms with Crippen molar-refractivity contribution in [3.05, 3.63) is 107 Å². The Kier molecular flexibility index (Phi) is 7.35. The molecule has 0 radical (unpaired) electrons. The SMILES string of the molecule is CCn1c(Cc2ccccc2)nnc1SCC(=O)Nc1ccccc1Cc1ccccc1. The Morgan fingerprint density at radius 1 is 0.844 bits per heavy atom. The first-order valence-corrected chi connectivity index (χ1v) is 11.7. The van der Waals surface area contributed by atoms with Crippen LogP contribution in [0.15, 0.2) is 90.1 Å². The lowest BCUT2D eigenvalue weighted by atomic mass is 10.0. The van der Waals surface area contributed by atoms with Crippen LogP contribution in [0, 0.1) is 0 Å². The number of carbonyl (C=O) groups is 1. The molecule has 32 heavy (non-hydrogen) atoms. The molecule has 0 aliphatic heterocycles. The molecule has 0 unspecified atom stereocenters. The Bertz CT molecular complexity index is 1160. The number of nitrogens with zero attached hydrogens (tertiary/aromatic N) is 3. The second-order valence-corrected chi connectivity index (χ2v) is 8.40. The quantitative estimate of drug-likeness (QED) is 0.362. The van der Waals surface area contributed by atoms with Crippen molar-refractivity contribution in [3.8, 4) is 0 Å². The van der Waals surface area contributed by atoms with Crippen molar-refractivity contribution in [3.63, 3.8) is 0 Å². The van der Waals surface area contributed by atoms with Gasteiger partial charge in [-0.15, -0.1) is 10.2 Å². The van der Waals surface area contributed by atoms with Crippen LogP contribution >= 0.6 is 11.8 Å². The van der Waals surface area contributed by atoms with Crippen molar-refractivity contribution in [1.29, 1.82) is 0 Å². The summed E-state index contributed by atoms with van der Waals surface area (Å²) in [6.07, 6.45) is 1.50. The lowest BCUT2D eigenvalue weighted by Crippen LogP contribution is -2.16. The van der Waals surface area contributed by atoms with Crippen molar-refractivity contribution in [2.24, 2.45) is 0 Å². The lowest BCUT2D eigenvalue weighted by molar-refractivity contribution is -0.113. The summed E-state index contributed by atoms with van der Waals surface area (Å²) >= 11 is 1.42. The Hall–Kier alpha value is -3.38. The number of anilines is 1. The van der Waals surface area contributed by atoms with Gasteiger partial charge in [0.1, 0.15) is 5.82 Å². The summed E-state index contributed by atoms with van der Waals surface area (Å²) in [5.74, 6) is 1.14. The number of thioether (sulfide) groups is 1. The minimum Gasteiger partial charge on any atom is -0.325 e. The summed E-state index contributed by atoms with van der Waals surface area (Å²) in [5, 5.41) is 12.5. The summed E-state index contributed by atoms with van der Waals surface area (Å²) in [5.41, 5.74) is 4.35. The number of aromatic nitrogens is 3. The molecule has 4 aromatic rings. The zero-order chi connectivity index (χ0) is 22.2. The first-order chi connectivity index (χ1) is 15.7. The van der Waals surface area contributed by atoms with Gasteiger partial charge < -0.3 is 9.88 Å². The molecular formula is C26H26N4OS. The van der Waals surface area contributed by atoms with E-state index in [9.17, 15) is 4.79 Å². The van der Waals surface area contributed by atoms with E-state index in [1.165, 1.54) is 22.9 Å². The average Bonchev–Trinajstić information content (AvgIpc) is 3.21. The van der Waals surface area contributed by atoms with Crippen molar-refractivity contribution in [2.45, 2.75) is 31.5 Å². The summed E-state index contributed by atoms with van der Waals surface area (Å²) in [4.78, 5) is 12.7. The largest absolute Gasteiger partial charge is 0.325 e. The molecule has 0 bridgehead atoms. The molecule has 4 rings (SSSR count). The van der Waals surface area contributed by atoms with Gasteiger partial charge >= 0.3 is 0 Å². The van der Waals surface area contributed by atoms with Gasteiger partial charge in [-0.05, 0) is 36.1 Å². The molecule has 0 spiro atoms. The van der Waals surface area contributed by atoms with Crippen LogP contribution in [0.5, 0.6) is 0 Å². The van der Waals surface area contributed by atoms with Crippen molar-refractivity contribution < 1.29 is 4.79 Å². The Balaban J connectivity index is 1.39. The number of carbonyl (C=O) groups excluding carboxylic acids is 1. The summed E-state index contributed by atoms with van der Waals surface area (Å²) in [7, 11) is 0. The molecule has 5 nitrogen and oxygen atoms in total. The Labute approximate surface area is 192 Å². The zero-order valence-electron chi connectivity index (χ0n) is 18.1. The molecule has 6 heteroatoms. The van der Waals surface area contributed by atoms with Crippen molar-refractivity contribution in [2.75, 3.05) is 11.1 Å². The highest BCUT2D eigenvalue weighted by Crippen LogP contribution is 2.22. The minimum atomic E-state index is -0.0502. The van der Waals surface area contributed by atoms with E-state index in [0.717, 1.165) is 41.6 Å². The molecule has 0 atom stereocenters. The predicted octanol–water partition coefficient (Wildman–Crippen LogP) is 5.21. The van der Waals surface area contributed by atoms with Crippen LogP contribution < -0.4 is 5.32 Å². The number of amides is 1. The summed E-state index contributed by atoms with van der Waals surface area (Å²) in [6, 6.07) is 28.4. The molecule has 1 heterocycles. The van der Waals surface area contributed by atoms with E-state index in [0.29, 0.717) is 0 Å². The van der Waals surface area contributed by atoms with Gasteiger partial charge in [0.25, 0.3) is 0 Å². The molecular weight excluding hydrogens is 416 g/mol. The molecule has 0 fully saturated rings. The van der Waals surface area contributed by atoms with E-state index in [1.807, 2.05) is 54.6 Å². The van der Waals surface area contributed by atoms with Crippen molar-refractivity contribution in [1.82, 2.24) is 14.8 Å². The minimum absolute atomic E-state index is 0.0502. The number of nitrogens with one attached hydrogen (secondary N) is 1. The molecule has 0 saturated carbocycles. The average molecular weight is 443 g/mol. The summed E-state index contributed by atoms with van der Waals surface area (Å²) in [6.45, 7) is 2.83. The maximum Gasteiger partial charge on any atom is 0.234 e. The molecule has 1 amide bonds. The third kappa shape index (κ3) is 5.65. The highest BCUT2D eigenvalue weighted by Gasteiger charge is 2.14. The van der Waals surface area contributed by atoms with E-state index in [-0.39, 0.29) is 11.7 Å². The topological polar surface area (TPSA) is 59.8 Å². The normalized spacial score (nSPS) is 10.8. The van der Waals surface area contributed by atoms with Gasteiger partial charge in [0, 0.05) is 18.7 Å². The monoisotopic (exact) mass is 442 g/mol. The number of para-hydroxylation sites is 1. The van der Waals surface area contributed by atoms with Crippen LogP contribution in [0.1, 0.15) is 29.4 Å². The van der Waals surface area contributed by atoms with E-state index in [4.69, 9.17) is 0 Å². The highest BCUT2D eigenvalue weighted by molar-refractivity contribution is 7.99. The molecule has 1 aromatic heterocycles. The Morgan fingerprint density at radius 2 is 1.47 bits per heavy atom. The second kappa shape index (κ2) is 10.8. The molecule has 1 N–H and O–H groups in total. The van der Waals surface area contributed by atoms with Crippen LogP contribution in [-0.4, -0.2) is 26.4 Å². The molecule has 0 aliphatic carbocycles. The molecule has 0 aliphatic rings. The number of benzene rings is 3. The van der Waals surface area contributed by atoms with E-state index in [2.05, 4.69) is 57.3 Å². The smallest absolute Gasteiger partial charge is 0.234 e. The van der Waals surface area contributed by atoms with Crippen LogP contribution in [0.3, 0.4) is 0 Å². The molecule has 162 valence electrons. The van der Waals surface area contributed by atoms with Gasteiger partial charge in [0.05, 0.1) is 5.75 Å². The second-order valence-electron chi connectivity index (χ2n) is 7.46. The predicted molar refractivity (Wildman–Crippen MR) is 130 cm³/mol. The van der Waals surface area contributed by atoms with E-state index < -0.39 is 0 Å². The fourth-order valence-corrected chi connectivity index (χ4v) is 4.40. The van der Waals surface area contributed by atoms with E-state index >= 15 is 0 Å². The fraction of sp³-hybridized carbons (Fsp3) is 0.192.